The van der Waals surface area contributed by atoms with Gasteiger partial charge in [0.1, 0.15) is 0 Å². The molecule has 1 N–H and O–H groups in total. The second kappa shape index (κ2) is 6.32. The Hall–Kier alpha value is -1.47. The molecule has 0 radical (unpaired) electrons. The Bertz CT molecular complexity index is 559. The van der Waals surface area contributed by atoms with Crippen LogP contribution in [0.1, 0.15) is 29.6 Å². The molecule has 0 spiro atoms. The number of nitrogens with zero attached hydrogens (tertiary/aromatic N) is 2. The van der Waals surface area contributed by atoms with Gasteiger partial charge in [0.05, 0.1) is 11.8 Å². The summed E-state index contributed by atoms with van der Waals surface area (Å²) in [6, 6.07) is 3.36. The van der Waals surface area contributed by atoms with Gasteiger partial charge in [-0.25, -0.2) is 13.1 Å². The van der Waals surface area contributed by atoms with E-state index in [4.69, 9.17) is 0 Å². The van der Waals surface area contributed by atoms with Gasteiger partial charge in [-0.2, -0.15) is 0 Å². The summed E-state index contributed by atoms with van der Waals surface area (Å²) in [5.74, 6) is -0.0851. The number of hydrogen-bond donors (Lipinski definition) is 1. The molecule has 110 valence electrons. The predicted molar refractivity (Wildman–Crippen MR) is 75.8 cm³/mol. The number of likely N-dealkylation sites (tertiary alicyclic amines) is 1. The average Bonchev–Trinajstić information content (AvgIpc) is 2.45. The molecule has 1 amide bonds. The van der Waals surface area contributed by atoms with E-state index < -0.39 is 10.0 Å². The maximum absolute atomic E-state index is 12.4. The van der Waals surface area contributed by atoms with E-state index in [0.717, 1.165) is 25.5 Å². The van der Waals surface area contributed by atoms with E-state index in [0.29, 0.717) is 12.1 Å². The molecule has 1 fully saturated rings. The predicted octanol–water partition coefficient (Wildman–Crippen LogP) is 0.625. The van der Waals surface area contributed by atoms with Crippen molar-refractivity contribution in [2.24, 2.45) is 0 Å². The Morgan fingerprint density at radius 1 is 1.50 bits per heavy atom. The van der Waals surface area contributed by atoms with E-state index >= 15 is 0 Å². The van der Waals surface area contributed by atoms with Crippen molar-refractivity contribution in [3.63, 3.8) is 0 Å². The van der Waals surface area contributed by atoms with Gasteiger partial charge < -0.3 is 4.90 Å². The molecule has 20 heavy (non-hydrogen) atoms. The van der Waals surface area contributed by atoms with Gasteiger partial charge in [0.25, 0.3) is 5.91 Å². The molecule has 1 saturated heterocycles. The Morgan fingerprint density at radius 3 is 2.95 bits per heavy atom. The molecule has 0 aliphatic carbocycles. The largest absolute Gasteiger partial charge is 0.334 e. The van der Waals surface area contributed by atoms with E-state index in [-0.39, 0.29) is 18.5 Å². The highest BCUT2D eigenvalue weighted by Gasteiger charge is 2.27. The van der Waals surface area contributed by atoms with Crippen molar-refractivity contribution in [3.05, 3.63) is 30.1 Å². The van der Waals surface area contributed by atoms with Crippen LogP contribution in [-0.4, -0.2) is 49.6 Å². The van der Waals surface area contributed by atoms with Crippen LogP contribution in [0.25, 0.3) is 0 Å². The minimum atomic E-state index is -3.24. The minimum Gasteiger partial charge on any atom is -0.334 e. The molecule has 1 aromatic rings. The summed E-state index contributed by atoms with van der Waals surface area (Å²) < 4.78 is 24.9. The van der Waals surface area contributed by atoms with E-state index in [1.807, 2.05) is 0 Å². The molecule has 1 aliphatic rings. The van der Waals surface area contributed by atoms with Crippen molar-refractivity contribution in [2.75, 3.05) is 19.3 Å². The molecule has 2 rings (SSSR count). The zero-order chi connectivity index (χ0) is 14.6. The molecule has 6 nitrogen and oxygen atoms in total. The molecular formula is C13H19N3O3S. The number of piperidine rings is 1. The maximum Gasteiger partial charge on any atom is 0.255 e. The number of carbonyl (C=O) groups excluding carboxylic acids is 1. The lowest BCUT2D eigenvalue weighted by Crippen LogP contribution is -2.49. The van der Waals surface area contributed by atoms with Crippen LogP contribution in [-0.2, 0) is 10.0 Å². The van der Waals surface area contributed by atoms with E-state index in [2.05, 4.69) is 9.71 Å². The summed E-state index contributed by atoms with van der Waals surface area (Å²) in [5, 5.41) is 0. The van der Waals surface area contributed by atoms with E-state index in [9.17, 15) is 13.2 Å². The van der Waals surface area contributed by atoms with E-state index in [1.54, 1.807) is 23.2 Å². The number of nitrogens with one attached hydrogen (secondary N) is 1. The number of amides is 1. The zero-order valence-corrected chi connectivity index (χ0v) is 12.3. The fourth-order valence-electron chi connectivity index (χ4n) is 2.38. The lowest BCUT2D eigenvalue weighted by Gasteiger charge is -2.35. The van der Waals surface area contributed by atoms with Crippen molar-refractivity contribution in [1.29, 1.82) is 0 Å². The maximum atomic E-state index is 12.4. The number of carbonyl (C=O) groups is 1. The lowest BCUT2D eigenvalue weighted by molar-refractivity contribution is 0.0618. The van der Waals surface area contributed by atoms with Crippen molar-refractivity contribution in [3.8, 4) is 0 Å². The van der Waals surface area contributed by atoms with Gasteiger partial charge in [0, 0.05) is 31.5 Å². The third-order valence-corrected chi connectivity index (χ3v) is 4.07. The summed E-state index contributed by atoms with van der Waals surface area (Å²) in [4.78, 5) is 18.1. The molecule has 0 saturated carbocycles. The van der Waals surface area contributed by atoms with Crippen molar-refractivity contribution < 1.29 is 13.2 Å². The second-order valence-electron chi connectivity index (χ2n) is 5.01. The molecule has 0 bridgehead atoms. The van der Waals surface area contributed by atoms with Crippen LogP contribution in [0.15, 0.2) is 24.5 Å². The van der Waals surface area contributed by atoms with Gasteiger partial charge in [0.2, 0.25) is 10.0 Å². The summed E-state index contributed by atoms with van der Waals surface area (Å²) in [5.41, 5.74) is 0.541. The van der Waals surface area contributed by atoms with Gasteiger partial charge in [-0.1, -0.05) is 0 Å². The van der Waals surface area contributed by atoms with Gasteiger partial charge in [-0.3, -0.25) is 9.78 Å². The van der Waals surface area contributed by atoms with Gasteiger partial charge in [-0.05, 0) is 31.4 Å². The Labute approximate surface area is 119 Å². The number of rotatable bonds is 4. The first-order chi connectivity index (χ1) is 9.47. The van der Waals surface area contributed by atoms with Crippen LogP contribution in [0.5, 0.6) is 0 Å². The summed E-state index contributed by atoms with van der Waals surface area (Å²) in [7, 11) is -3.24. The zero-order valence-electron chi connectivity index (χ0n) is 11.4. The molecule has 1 aliphatic heterocycles. The fraction of sp³-hybridized carbons (Fsp3) is 0.538. The third-order valence-electron chi connectivity index (χ3n) is 3.38. The number of sulfonamides is 1. The van der Waals surface area contributed by atoms with Crippen LogP contribution >= 0.6 is 0 Å². The van der Waals surface area contributed by atoms with Gasteiger partial charge in [0.15, 0.2) is 0 Å². The molecule has 0 aromatic carbocycles. The van der Waals surface area contributed by atoms with Crippen molar-refractivity contribution in [2.45, 2.75) is 25.3 Å². The van der Waals surface area contributed by atoms with Crippen LogP contribution in [0.2, 0.25) is 0 Å². The Morgan fingerprint density at radius 2 is 2.30 bits per heavy atom. The third kappa shape index (κ3) is 4.01. The normalized spacial score (nSPS) is 19.9. The van der Waals surface area contributed by atoms with Gasteiger partial charge >= 0.3 is 0 Å². The minimum absolute atomic E-state index is 0.0851. The monoisotopic (exact) mass is 297 g/mol. The van der Waals surface area contributed by atoms with Gasteiger partial charge in [-0.15, -0.1) is 0 Å². The van der Waals surface area contributed by atoms with Crippen molar-refractivity contribution in [1.82, 2.24) is 14.6 Å². The molecule has 1 unspecified atom stereocenters. The number of pyridine rings is 1. The average molecular weight is 297 g/mol. The fourth-order valence-corrected chi connectivity index (χ4v) is 2.88. The van der Waals surface area contributed by atoms with Crippen LogP contribution in [0, 0.1) is 0 Å². The molecule has 1 aromatic heterocycles. The van der Waals surface area contributed by atoms with Crippen LogP contribution in [0.4, 0.5) is 0 Å². The quantitative estimate of drug-likeness (QED) is 0.884. The standard InChI is InChI=1S/C13H19N3O3S/c1-20(18,19)15-10-12-6-2-3-8-16(12)13(17)11-5-4-7-14-9-11/h4-5,7,9,12,15H,2-3,6,8,10H2,1H3. The lowest BCUT2D eigenvalue weighted by atomic mass is 10.0. The first-order valence-corrected chi connectivity index (χ1v) is 8.52. The van der Waals surface area contributed by atoms with Crippen molar-refractivity contribution >= 4 is 15.9 Å². The highest BCUT2D eigenvalue weighted by molar-refractivity contribution is 7.88. The number of hydrogen-bond acceptors (Lipinski definition) is 4. The van der Waals surface area contributed by atoms with E-state index in [1.165, 1.54) is 6.20 Å². The molecule has 1 atom stereocenters. The SMILES string of the molecule is CS(=O)(=O)NCC1CCCCN1C(=O)c1cccnc1. The molecular weight excluding hydrogens is 278 g/mol. The first-order valence-electron chi connectivity index (χ1n) is 6.63. The second-order valence-corrected chi connectivity index (χ2v) is 6.84. The summed E-state index contributed by atoms with van der Waals surface area (Å²) >= 11 is 0. The number of aromatic nitrogens is 1. The van der Waals surface area contributed by atoms with Crippen LogP contribution in [0.3, 0.4) is 0 Å². The summed E-state index contributed by atoms with van der Waals surface area (Å²) in [6.07, 6.45) is 7.06. The summed E-state index contributed by atoms with van der Waals surface area (Å²) in [6.45, 7) is 0.925. The molecule has 2 heterocycles. The highest BCUT2D eigenvalue weighted by Crippen LogP contribution is 2.19. The Kier molecular flexibility index (Phi) is 4.72. The smallest absolute Gasteiger partial charge is 0.255 e. The van der Waals surface area contributed by atoms with Crippen LogP contribution < -0.4 is 4.72 Å². The highest BCUT2D eigenvalue weighted by atomic mass is 32.2. The topological polar surface area (TPSA) is 79.4 Å². The Balaban J connectivity index is 2.09. The first kappa shape index (κ1) is 14.9. The molecule has 7 heteroatoms.